The number of azo groups is 1. The van der Waals surface area contributed by atoms with E-state index in [1.165, 1.54) is 11.1 Å². The summed E-state index contributed by atoms with van der Waals surface area (Å²) in [6, 6.07) is 21.0. The first kappa shape index (κ1) is 26.1. The number of carbonyl (C=O) groups excluding carboxylic acids is 1. The van der Waals surface area contributed by atoms with Crippen molar-refractivity contribution < 1.29 is 9.53 Å². The van der Waals surface area contributed by atoms with Crippen molar-refractivity contribution in [2.24, 2.45) is 10.2 Å². The Morgan fingerprint density at radius 2 is 1.81 bits per heavy atom. The van der Waals surface area contributed by atoms with Crippen molar-refractivity contribution in [1.82, 2.24) is 9.88 Å². The van der Waals surface area contributed by atoms with E-state index in [1.54, 1.807) is 18.2 Å². The maximum Gasteiger partial charge on any atom is 0.338 e. The van der Waals surface area contributed by atoms with Gasteiger partial charge in [-0.2, -0.15) is 22.0 Å². The van der Waals surface area contributed by atoms with Gasteiger partial charge in [0, 0.05) is 47.5 Å². The fourth-order valence-electron chi connectivity index (χ4n) is 3.84. The maximum absolute atomic E-state index is 12.7. The molecular formula is C28H30N4O2S2. The predicted octanol–water partition coefficient (Wildman–Crippen LogP) is 6.73. The number of hydrogen-bond acceptors (Lipinski definition) is 8. The number of nitrogens with zero attached hydrogens (tertiary/aromatic N) is 4. The number of thioether (sulfide) groups is 2. The highest BCUT2D eigenvalue weighted by Crippen LogP contribution is 2.39. The van der Waals surface area contributed by atoms with Crippen molar-refractivity contribution >= 4 is 40.9 Å². The van der Waals surface area contributed by atoms with Gasteiger partial charge in [-0.3, -0.25) is 9.88 Å². The lowest BCUT2D eigenvalue weighted by Crippen LogP contribution is -2.40. The fraction of sp³-hybridized carbons (Fsp3) is 0.286. The molecule has 0 saturated carbocycles. The number of rotatable bonds is 8. The molecule has 0 radical (unpaired) electrons. The van der Waals surface area contributed by atoms with E-state index in [4.69, 9.17) is 4.74 Å². The fourth-order valence-corrected chi connectivity index (χ4v) is 6.68. The van der Waals surface area contributed by atoms with Gasteiger partial charge in [0.2, 0.25) is 0 Å². The summed E-state index contributed by atoms with van der Waals surface area (Å²) in [5.41, 5.74) is 4.36. The molecule has 2 atom stereocenters. The molecule has 1 aliphatic heterocycles. The second kappa shape index (κ2) is 13.4. The molecule has 186 valence electrons. The van der Waals surface area contributed by atoms with Gasteiger partial charge in [0.15, 0.2) is 0 Å². The summed E-state index contributed by atoms with van der Waals surface area (Å²) in [6.07, 6.45) is 3.70. The summed E-state index contributed by atoms with van der Waals surface area (Å²) in [5, 5.41) is 8.76. The van der Waals surface area contributed by atoms with E-state index in [2.05, 4.69) is 45.9 Å². The zero-order chi connectivity index (χ0) is 25.2. The topological polar surface area (TPSA) is 67.2 Å². The van der Waals surface area contributed by atoms with E-state index in [-0.39, 0.29) is 5.97 Å². The average molecular weight is 519 g/mol. The summed E-state index contributed by atoms with van der Waals surface area (Å²) in [7, 11) is 2.11. The summed E-state index contributed by atoms with van der Waals surface area (Å²) < 4.78 is 5.63. The smallest absolute Gasteiger partial charge is 0.338 e. The molecule has 1 aromatic heterocycles. The van der Waals surface area contributed by atoms with Gasteiger partial charge in [0.1, 0.15) is 6.61 Å². The molecule has 2 unspecified atom stereocenters. The third-order valence-electron chi connectivity index (χ3n) is 5.81. The number of likely N-dealkylation sites (N-methyl/N-ethyl adjacent to an activating group) is 1. The predicted molar refractivity (Wildman–Crippen MR) is 150 cm³/mol. The Morgan fingerprint density at radius 3 is 2.61 bits per heavy atom. The lowest BCUT2D eigenvalue weighted by Gasteiger charge is -2.36. The van der Waals surface area contributed by atoms with Crippen LogP contribution in [0.1, 0.15) is 21.2 Å². The molecule has 0 spiro atoms. The number of benzene rings is 2. The number of carbonyl (C=O) groups is 1. The second-order valence-corrected chi connectivity index (χ2v) is 10.7. The van der Waals surface area contributed by atoms with Crippen molar-refractivity contribution in [3.05, 3.63) is 102 Å². The molecule has 1 fully saturated rings. The molecule has 2 heterocycles. The van der Waals surface area contributed by atoms with Crippen LogP contribution in [0, 0.1) is 0 Å². The molecule has 0 amide bonds. The van der Waals surface area contributed by atoms with E-state index < -0.39 is 0 Å². The van der Waals surface area contributed by atoms with Crippen molar-refractivity contribution in [3.63, 3.8) is 0 Å². The van der Waals surface area contributed by atoms with Crippen LogP contribution in [0.4, 0.5) is 11.4 Å². The van der Waals surface area contributed by atoms with Gasteiger partial charge in [-0.15, -0.1) is 11.8 Å². The molecule has 8 heteroatoms. The first-order chi connectivity index (χ1) is 17.6. The number of ether oxygens (including phenoxy) is 1. The molecule has 0 bridgehead atoms. The van der Waals surface area contributed by atoms with E-state index in [0.717, 1.165) is 22.9 Å². The van der Waals surface area contributed by atoms with Crippen LogP contribution in [0.3, 0.4) is 0 Å². The van der Waals surface area contributed by atoms with Gasteiger partial charge in [0.25, 0.3) is 0 Å². The van der Waals surface area contributed by atoms with Crippen LogP contribution < -0.4 is 0 Å². The molecule has 3 aromatic rings. The van der Waals surface area contributed by atoms with Gasteiger partial charge in [-0.25, -0.2) is 4.79 Å². The van der Waals surface area contributed by atoms with Crippen molar-refractivity contribution in [2.75, 3.05) is 37.5 Å². The minimum absolute atomic E-state index is 0.296. The van der Waals surface area contributed by atoms with Crippen LogP contribution in [-0.4, -0.2) is 59.4 Å². The standard InChI is InChI=1S/C28H30N4O2S2/c1-21-18-35-20-26(27(36-19-21)22-11-13-29-14-12-22)32(2)15-16-34-28(33)23-7-6-10-25(17-23)31-30-24-8-4-3-5-9-24/h3-14,17,26-27H,1,15-16,18-20H2,2H3. The second-order valence-electron chi connectivity index (χ2n) is 8.55. The molecule has 0 N–H and O–H groups in total. The highest BCUT2D eigenvalue weighted by Gasteiger charge is 2.29. The largest absolute Gasteiger partial charge is 0.461 e. The summed E-state index contributed by atoms with van der Waals surface area (Å²) in [5.74, 6) is 2.55. The first-order valence-corrected chi connectivity index (χ1v) is 14.0. The minimum Gasteiger partial charge on any atom is -0.461 e. The zero-order valence-corrected chi connectivity index (χ0v) is 22.0. The third kappa shape index (κ3) is 7.53. The van der Waals surface area contributed by atoms with Crippen LogP contribution >= 0.6 is 23.5 Å². The highest BCUT2D eigenvalue weighted by molar-refractivity contribution is 8.01. The zero-order valence-electron chi connectivity index (χ0n) is 20.3. The monoisotopic (exact) mass is 518 g/mol. The Kier molecular flexibility index (Phi) is 9.72. The van der Waals surface area contributed by atoms with E-state index in [1.807, 2.05) is 72.3 Å². The maximum atomic E-state index is 12.7. The molecule has 2 aromatic carbocycles. The van der Waals surface area contributed by atoms with Gasteiger partial charge in [-0.1, -0.05) is 36.4 Å². The first-order valence-electron chi connectivity index (χ1n) is 11.8. The Morgan fingerprint density at radius 1 is 1.06 bits per heavy atom. The summed E-state index contributed by atoms with van der Waals surface area (Å²) in [6.45, 7) is 5.17. The normalized spacial score (nSPS) is 18.7. The molecule has 0 aliphatic carbocycles. The van der Waals surface area contributed by atoms with E-state index in [0.29, 0.717) is 35.7 Å². The van der Waals surface area contributed by atoms with Crippen LogP contribution in [-0.2, 0) is 4.74 Å². The number of esters is 1. The Labute approximate surface area is 221 Å². The van der Waals surface area contributed by atoms with Gasteiger partial charge < -0.3 is 4.74 Å². The minimum atomic E-state index is -0.358. The lowest BCUT2D eigenvalue weighted by atomic mass is 10.1. The number of pyridine rings is 1. The van der Waals surface area contributed by atoms with Crippen LogP contribution in [0.5, 0.6) is 0 Å². The van der Waals surface area contributed by atoms with Crippen molar-refractivity contribution in [3.8, 4) is 0 Å². The molecular weight excluding hydrogens is 488 g/mol. The molecule has 6 nitrogen and oxygen atoms in total. The average Bonchev–Trinajstić information content (AvgIpc) is 2.91. The Bertz CT molecular complexity index is 1170. The van der Waals surface area contributed by atoms with Crippen molar-refractivity contribution in [2.45, 2.75) is 11.3 Å². The molecule has 4 rings (SSSR count). The SMILES string of the molecule is C=C1CSCC(N(C)CCOC(=O)c2cccc(N=Nc3ccccc3)c2)C(c2ccncc2)SC1. The lowest BCUT2D eigenvalue weighted by molar-refractivity contribution is 0.0458. The van der Waals surface area contributed by atoms with Gasteiger partial charge in [0.05, 0.1) is 16.9 Å². The molecule has 1 saturated heterocycles. The summed E-state index contributed by atoms with van der Waals surface area (Å²) >= 11 is 3.84. The Hall–Kier alpha value is -2.94. The van der Waals surface area contributed by atoms with Crippen LogP contribution in [0.15, 0.2) is 102 Å². The van der Waals surface area contributed by atoms with Crippen LogP contribution in [0.2, 0.25) is 0 Å². The highest BCUT2D eigenvalue weighted by atomic mass is 32.2. The van der Waals surface area contributed by atoms with Gasteiger partial charge >= 0.3 is 5.97 Å². The molecule has 36 heavy (non-hydrogen) atoms. The van der Waals surface area contributed by atoms with Crippen LogP contribution in [0.25, 0.3) is 0 Å². The summed E-state index contributed by atoms with van der Waals surface area (Å²) in [4.78, 5) is 19.2. The molecule has 1 aliphatic rings. The quantitative estimate of drug-likeness (QED) is 0.187. The number of aromatic nitrogens is 1. The van der Waals surface area contributed by atoms with E-state index in [9.17, 15) is 4.79 Å². The van der Waals surface area contributed by atoms with Crippen molar-refractivity contribution in [1.29, 1.82) is 0 Å². The van der Waals surface area contributed by atoms with E-state index >= 15 is 0 Å². The third-order valence-corrected chi connectivity index (χ3v) is 8.52. The number of hydrogen-bond donors (Lipinski definition) is 0. The Balaban J connectivity index is 1.35. The van der Waals surface area contributed by atoms with Gasteiger partial charge in [-0.05, 0) is 55.1 Å².